The number of hydrogen-bond acceptors (Lipinski definition) is 10. The van der Waals surface area contributed by atoms with Crippen molar-refractivity contribution in [1.82, 2.24) is 21.7 Å². The Morgan fingerprint density at radius 2 is 0.830 bits per heavy atom. The first-order valence-electron chi connectivity index (χ1n) is 15.7. The minimum atomic E-state index is -0.538. The predicted octanol–water partition coefficient (Wildman–Crippen LogP) is 3.30. The number of hydrogen-bond donors (Lipinski definition) is 4. The molecule has 0 saturated heterocycles. The zero-order valence-corrected chi connectivity index (χ0v) is 26.9. The van der Waals surface area contributed by atoms with Gasteiger partial charge in [0, 0.05) is 12.8 Å². The van der Waals surface area contributed by atoms with Gasteiger partial charge in [-0.3, -0.25) is 40.9 Å². The highest BCUT2D eigenvalue weighted by Gasteiger charge is 2.10. The highest BCUT2D eigenvalue weighted by Crippen LogP contribution is 2.14. The Morgan fingerprint density at radius 3 is 1.19 bits per heavy atom. The normalized spacial score (nSPS) is 10.3. The van der Waals surface area contributed by atoms with E-state index in [1.807, 2.05) is 13.8 Å². The van der Waals surface area contributed by atoms with Crippen molar-refractivity contribution in [2.45, 2.75) is 71.6 Å². The summed E-state index contributed by atoms with van der Waals surface area (Å²) in [6.07, 6.45) is 5.47. The summed E-state index contributed by atoms with van der Waals surface area (Å²) in [6, 6.07) is 12.4. The molecule has 4 amide bonds. The smallest absolute Gasteiger partial charge is 0.338 e. The lowest BCUT2D eigenvalue weighted by Gasteiger charge is -2.10. The van der Waals surface area contributed by atoms with Gasteiger partial charge in [-0.05, 0) is 74.2 Å². The second-order valence-electron chi connectivity index (χ2n) is 10.4. The second-order valence-corrected chi connectivity index (χ2v) is 10.4. The van der Waals surface area contributed by atoms with Crippen molar-refractivity contribution in [3.63, 3.8) is 0 Å². The molecule has 2 aromatic carbocycles. The zero-order valence-electron chi connectivity index (χ0n) is 26.9. The molecule has 0 aliphatic rings. The number of unbranched alkanes of at least 4 members (excludes halogenated alkanes) is 4. The molecule has 0 radical (unpaired) electrons. The summed E-state index contributed by atoms with van der Waals surface area (Å²) in [6.45, 7) is 3.84. The number of ether oxygens (including phenoxy) is 4. The maximum absolute atomic E-state index is 12.0. The molecule has 0 bridgehead atoms. The fourth-order valence-corrected chi connectivity index (χ4v) is 3.81. The van der Waals surface area contributed by atoms with E-state index in [2.05, 4.69) is 21.7 Å². The van der Waals surface area contributed by atoms with E-state index in [4.69, 9.17) is 18.9 Å². The highest BCUT2D eigenvalue weighted by molar-refractivity contribution is 5.90. The zero-order chi connectivity index (χ0) is 34.3. The number of esters is 2. The third-order valence-electron chi connectivity index (χ3n) is 6.28. The molecule has 0 fully saturated rings. The van der Waals surface area contributed by atoms with Crippen LogP contribution in [0.4, 0.5) is 0 Å². The lowest BCUT2D eigenvalue weighted by atomic mass is 10.1. The standard InChI is InChI=1S/C33H44N4O10/c1-3-20-44-32(42)24-12-16-26(17-13-24)46-22-30(40)36-34-28(38)10-8-6-5-7-9-11-29(39)35-37-31(41)23-47-27-18-14-25(15-19-27)33(43)45-21-4-2/h12-19H,3-11,20-23H2,1-2H3,(H,34,38)(H,35,39)(H,36,40)(H,37,41). The van der Waals surface area contributed by atoms with Crippen LogP contribution in [0.15, 0.2) is 48.5 Å². The molecule has 2 aromatic rings. The Hall–Kier alpha value is -5.14. The number of amides is 4. The summed E-state index contributed by atoms with van der Waals surface area (Å²) in [7, 11) is 0. The van der Waals surface area contributed by atoms with Gasteiger partial charge >= 0.3 is 11.9 Å². The van der Waals surface area contributed by atoms with Crippen molar-refractivity contribution in [3.8, 4) is 11.5 Å². The number of rotatable bonds is 20. The monoisotopic (exact) mass is 656 g/mol. The Kier molecular flexibility index (Phi) is 18.1. The molecule has 256 valence electrons. The van der Waals surface area contributed by atoms with Crippen molar-refractivity contribution in [3.05, 3.63) is 59.7 Å². The molecule has 14 heteroatoms. The van der Waals surface area contributed by atoms with Crippen LogP contribution in [0.5, 0.6) is 11.5 Å². The van der Waals surface area contributed by atoms with Crippen molar-refractivity contribution in [1.29, 1.82) is 0 Å². The summed E-state index contributed by atoms with van der Waals surface area (Å²) < 4.78 is 20.8. The third-order valence-corrected chi connectivity index (χ3v) is 6.28. The first-order valence-corrected chi connectivity index (χ1v) is 15.7. The van der Waals surface area contributed by atoms with Gasteiger partial charge in [0.15, 0.2) is 13.2 Å². The van der Waals surface area contributed by atoms with Crippen LogP contribution in [0.1, 0.15) is 92.4 Å². The summed E-state index contributed by atoms with van der Waals surface area (Å²) >= 11 is 0. The van der Waals surface area contributed by atoms with E-state index >= 15 is 0 Å². The number of carbonyl (C=O) groups excluding carboxylic acids is 6. The predicted molar refractivity (Wildman–Crippen MR) is 170 cm³/mol. The van der Waals surface area contributed by atoms with Gasteiger partial charge in [-0.2, -0.15) is 0 Å². The van der Waals surface area contributed by atoms with E-state index in [1.165, 1.54) is 0 Å². The average Bonchev–Trinajstić information content (AvgIpc) is 3.09. The van der Waals surface area contributed by atoms with Crippen molar-refractivity contribution >= 4 is 35.6 Å². The van der Waals surface area contributed by atoms with E-state index in [0.29, 0.717) is 48.7 Å². The summed E-state index contributed by atoms with van der Waals surface area (Å²) in [5.74, 6) is -1.83. The van der Waals surface area contributed by atoms with Crippen LogP contribution in [0.2, 0.25) is 0 Å². The van der Waals surface area contributed by atoms with Gasteiger partial charge in [-0.1, -0.05) is 33.1 Å². The molecule has 0 unspecified atom stereocenters. The number of carbonyl (C=O) groups is 6. The maximum atomic E-state index is 12.0. The minimum absolute atomic E-state index is 0.223. The fraction of sp³-hybridized carbons (Fsp3) is 0.455. The SMILES string of the molecule is CCCOC(=O)c1ccc(OCC(=O)NNC(=O)CCCCCCCC(=O)NNC(=O)COc2ccc(C(=O)OCCC)cc2)cc1. The topological polar surface area (TPSA) is 187 Å². The van der Waals surface area contributed by atoms with Crippen LogP contribution in [-0.4, -0.2) is 62.0 Å². The van der Waals surface area contributed by atoms with E-state index in [-0.39, 0.29) is 37.9 Å². The first kappa shape index (κ1) is 38.0. The molecule has 2 rings (SSSR count). The lowest BCUT2D eigenvalue weighted by Crippen LogP contribution is -2.43. The molecule has 47 heavy (non-hydrogen) atoms. The molecule has 0 heterocycles. The average molecular weight is 657 g/mol. The Morgan fingerprint density at radius 1 is 0.489 bits per heavy atom. The van der Waals surface area contributed by atoms with Crippen LogP contribution in [0.3, 0.4) is 0 Å². The molecule has 0 atom stereocenters. The van der Waals surface area contributed by atoms with Gasteiger partial charge in [0.1, 0.15) is 11.5 Å². The minimum Gasteiger partial charge on any atom is -0.484 e. The Balaban J connectivity index is 1.45. The van der Waals surface area contributed by atoms with Crippen LogP contribution >= 0.6 is 0 Å². The van der Waals surface area contributed by atoms with Crippen molar-refractivity contribution in [2.75, 3.05) is 26.4 Å². The van der Waals surface area contributed by atoms with E-state index in [9.17, 15) is 28.8 Å². The molecular weight excluding hydrogens is 612 g/mol. The molecule has 0 saturated carbocycles. The molecule has 4 N–H and O–H groups in total. The number of hydrazine groups is 2. The number of nitrogens with one attached hydrogen (secondary N) is 4. The van der Waals surface area contributed by atoms with Gasteiger partial charge in [0.05, 0.1) is 24.3 Å². The van der Waals surface area contributed by atoms with Gasteiger partial charge in [-0.15, -0.1) is 0 Å². The molecule has 0 aliphatic heterocycles. The highest BCUT2D eigenvalue weighted by atomic mass is 16.5. The van der Waals surface area contributed by atoms with E-state index < -0.39 is 23.8 Å². The van der Waals surface area contributed by atoms with Crippen molar-refractivity contribution in [2.24, 2.45) is 0 Å². The number of benzene rings is 2. The third kappa shape index (κ3) is 16.7. The molecule has 0 aromatic heterocycles. The summed E-state index contributed by atoms with van der Waals surface area (Å²) in [5, 5.41) is 0. The summed E-state index contributed by atoms with van der Waals surface area (Å²) in [5.41, 5.74) is 10.0. The largest absolute Gasteiger partial charge is 0.484 e. The fourth-order valence-electron chi connectivity index (χ4n) is 3.81. The summed E-state index contributed by atoms with van der Waals surface area (Å²) in [4.78, 5) is 71.5. The van der Waals surface area contributed by atoms with E-state index in [0.717, 1.165) is 32.1 Å². The maximum Gasteiger partial charge on any atom is 0.338 e. The molecule has 14 nitrogen and oxygen atoms in total. The van der Waals surface area contributed by atoms with Gasteiger partial charge < -0.3 is 18.9 Å². The van der Waals surface area contributed by atoms with Gasteiger partial charge in [0.2, 0.25) is 11.8 Å². The van der Waals surface area contributed by atoms with Crippen LogP contribution in [-0.2, 0) is 28.7 Å². The quantitative estimate of drug-likeness (QED) is 0.0936. The Bertz CT molecular complexity index is 1200. The lowest BCUT2D eigenvalue weighted by molar-refractivity contribution is -0.130. The van der Waals surface area contributed by atoms with E-state index in [1.54, 1.807) is 48.5 Å². The van der Waals surface area contributed by atoms with Crippen LogP contribution < -0.4 is 31.2 Å². The first-order chi connectivity index (χ1) is 22.7. The molecule has 0 aliphatic carbocycles. The second kappa shape index (κ2) is 22.4. The Labute approximate surface area is 274 Å². The van der Waals surface area contributed by atoms with Crippen molar-refractivity contribution < 1.29 is 47.7 Å². The van der Waals surface area contributed by atoms with Gasteiger partial charge in [0.25, 0.3) is 11.8 Å². The van der Waals surface area contributed by atoms with Crippen LogP contribution in [0.25, 0.3) is 0 Å². The molecule has 0 spiro atoms. The van der Waals surface area contributed by atoms with Crippen LogP contribution in [0, 0.1) is 0 Å². The van der Waals surface area contributed by atoms with Gasteiger partial charge in [-0.25, -0.2) is 9.59 Å². The molecular formula is C33H44N4O10.